The zero-order valence-corrected chi connectivity index (χ0v) is 20.9. The number of hydrogen-bond donors (Lipinski definition) is 3. The van der Waals surface area contributed by atoms with E-state index < -0.39 is 0 Å². The van der Waals surface area contributed by atoms with Crippen LogP contribution >= 0.6 is 0 Å². The lowest BCUT2D eigenvalue weighted by Gasteiger charge is -2.32. The number of carbonyl (C=O) groups is 1. The van der Waals surface area contributed by atoms with Crippen LogP contribution in [-0.4, -0.2) is 48.2 Å². The van der Waals surface area contributed by atoms with Gasteiger partial charge < -0.3 is 25.6 Å². The monoisotopic (exact) mass is 485 g/mol. The van der Waals surface area contributed by atoms with Gasteiger partial charge in [0.1, 0.15) is 11.6 Å². The molecule has 7 nitrogen and oxygen atoms in total. The molecule has 188 valence electrons. The molecule has 6 rings (SSSR count). The number of benzene rings is 2. The van der Waals surface area contributed by atoms with Crippen LogP contribution in [0.1, 0.15) is 55.7 Å². The largest absolute Gasteiger partial charge is 0.496 e. The van der Waals surface area contributed by atoms with Crippen molar-refractivity contribution in [1.82, 2.24) is 15.2 Å². The van der Waals surface area contributed by atoms with Gasteiger partial charge in [0, 0.05) is 41.8 Å². The third-order valence-corrected chi connectivity index (χ3v) is 7.86. The molecule has 0 bridgehead atoms. The topological polar surface area (TPSA) is 78.5 Å². The number of nitrogens with zero attached hydrogens (tertiary/aromatic N) is 2. The highest BCUT2D eigenvalue weighted by atomic mass is 16.5. The van der Waals surface area contributed by atoms with E-state index in [4.69, 9.17) is 9.72 Å². The first-order valence-electron chi connectivity index (χ1n) is 13.3. The number of pyridine rings is 1. The van der Waals surface area contributed by atoms with E-state index in [2.05, 4.69) is 39.0 Å². The average Bonchev–Trinajstić information content (AvgIpc) is 3.75. The van der Waals surface area contributed by atoms with Crippen molar-refractivity contribution in [2.75, 3.05) is 30.8 Å². The Kier molecular flexibility index (Phi) is 6.40. The molecule has 2 heterocycles. The van der Waals surface area contributed by atoms with E-state index in [0.29, 0.717) is 0 Å². The van der Waals surface area contributed by atoms with Gasteiger partial charge in [-0.05, 0) is 86.9 Å². The van der Waals surface area contributed by atoms with Crippen LogP contribution in [0.4, 0.5) is 16.3 Å². The summed E-state index contributed by atoms with van der Waals surface area (Å²) in [7, 11) is 1.74. The lowest BCUT2D eigenvalue weighted by molar-refractivity contribution is 0.189. The summed E-state index contributed by atoms with van der Waals surface area (Å²) in [6, 6.07) is 17.4. The normalized spacial score (nSPS) is 20.5. The number of fused-ring (bicyclic) bond motifs is 2. The van der Waals surface area contributed by atoms with Gasteiger partial charge in [-0.15, -0.1) is 0 Å². The van der Waals surface area contributed by atoms with Crippen LogP contribution in [0.3, 0.4) is 0 Å². The van der Waals surface area contributed by atoms with Crippen LogP contribution in [-0.2, 0) is 6.42 Å². The van der Waals surface area contributed by atoms with Crippen molar-refractivity contribution < 1.29 is 9.53 Å². The highest BCUT2D eigenvalue weighted by molar-refractivity contribution is 5.93. The van der Waals surface area contributed by atoms with Crippen LogP contribution in [0, 0.1) is 0 Å². The molecule has 36 heavy (non-hydrogen) atoms. The van der Waals surface area contributed by atoms with Gasteiger partial charge in [0.05, 0.1) is 18.7 Å². The molecular weight excluding hydrogens is 450 g/mol. The van der Waals surface area contributed by atoms with Crippen LogP contribution in [0.15, 0.2) is 48.5 Å². The summed E-state index contributed by atoms with van der Waals surface area (Å²) in [4.78, 5) is 20.0. The minimum absolute atomic E-state index is 0.129. The van der Waals surface area contributed by atoms with Gasteiger partial charge in [0.15, 0.2) is 0 Å². The van der Waals surface area contributed by atoms with Crippen molar-refractivity contribution >= 4 is 28.4 Å². The maximum Gasteiger partial charge on any atom is 0.319 e. The number of nitrogens with one attached hydrogen (secondary N) is 3. The van der Waals surface area contributed by atoms with Crippen molar-refractivity contribution in [2.24, 2.45) is 0 Å². The van der Waals surface area contributed by atoms with Gasteiger partial charge >= 0.3 is 6.03 Å². The molecule has 1 saturated heterocycles. The van der Waals surface area contributed by atoms with Gasteiger partial charge in [0.25, 0.3) is 0 Å². The standard InChI is InChI=1S/C29H35N5O2/c1-36-26-7-3-5-19-4-2-6-25(28(19)26)33-27-13-8-20-18-22(9-12-24(20)32-27)31-29(35)30-21-14-16-34(17-15-21)23-10-11-23/h3,5,7-9,12-13,18,21,23,25H,2,4,6,10-11,14-17H2,1H3,(H,32,33)(H2,30,31,35). The maximum atomic E-state index is 12.6. The molecular formula is C29H35N5O2. The summed E-state index contributed by atoms with van der Waals surface area (Å²) in [5.74, 6) is 1.79. The summed E-state index contributed by atoms with van der Waals surface area (Å²) in [6.07, 6.45) is 8.01. The van der Waals surface area contributed by atoms with Crippen molar-refractivity contribution in [3.63, 3.8) is 0 Å². The second-order valence-electron chi connectivity index (χ2n) is 10.4. The zero-order valence-electron chi connectivity index (χ0n) is 20.9. The molecule has 2 aliphatic carbocycles. The molecule has 7 heteroatoms. The molecule has 1 aliphatic heterocycles. The Labute approximate surface area is 212 Å². The number of rotatable bonds is 6. The van der Waals surface area contributed by atoms with E-state index in [0.717, 1.165) is 79.4 Å². The lowest BCUT2D eigenvalue weighted by atomic mass is 9.87. The smallest absolute Gasteiger partial charge is 0.319 e. The van der Waals surface area contributed by atoms with Gasteiger partial charge in [0.2, 0.25) is 0 Å². The van der Waals surface area contributed by atoms with Gasteiger partial charge in [-0.1, -0.05) is 12.1 Å². The SMILES string of the molecule is COc1cccc2c1C(Nc1ccc3cc(NC(=O)NC4CCN(C5CC5)CC4)ccc3n1)CCC2. The third kappa shape index (κ3) is 4.98. The fourth-order valence-electron chi connectivity index (χ4n) is 5.83. The first-order chi connectivity index (χ1) is 17.7. The molecule has 2 aromatic carbocycles. The number of methoxy groups -OCH3 is 1. The number of aromatic nitrogens is 1. The molecule has 0 spiro atoms. The predicted molar refractivity (Wildman–Crippen MR) is 144 cm³/mol. The molecule has 2 fully saturated rings. The number of aryl methyl sites for hydroxylation is 1. The molecule has 2 amide bonds. The molecule has 1 saturated carbocycles. The molecule has 1 atom stereocenters. The van der Waals surface area contributed by atoms with E-state index in [1.165, 1.54) is 24.0 Å². The molecule has 0 radical (unpaired) electrons. The summed E-state index contributed by atoms with van der Waals surface area (Å²) in [5.41, 5.74) is 4.27. The first-order valence-corrected chi connectivity index (χ1v) is 13.3. The number of ether oxygens (including phenoxy) is 1. The number of piperidine rings is 1. The molecule has 3 N–H and O–H groups in total. The Hall–Kier alpha value is -3.32. The Bertz CT molecular complexity index is 1240. The minimum Gasteiger partial charge on any atom is -0.496 e. The summed E-state index contributed by atoms with van der Waals surface area (Å²) >= 11 is 0. The van der Waals surface area contributed by atoms with E-state index in [1.807, 2.05) is 30.3 Å². The number of hydrogen-bond acceptors (Lipinski definition) is 5. The predicted octanol–water partition coefficient (Wildman–Crippen LogP) is 5.48. The third-order valence-electron chi connectivity index (χ3n) is 7.86. The number of urea groups is 1. The Morgan fingerprint density at radius 1 is 1.03 bits per heavy atom. The maximum absolute atomic E-state index is 12.6. The van der Waals surface area contributed by atoms with Gasteiger partial charge in [-0.3, -0.25) is 0 Å². The van der Waals surface area contributed by atoms with Crippen molar-refractivity contribution in [3.05, 3.63) is 59.7 Å². The number of amides is 2. The van der Waals surface area contributed by atoms with Crippen LogP contribution in [0.25, 0.3) is 10.9 Å². The molecule has 3 aromatic rings. The molecule has 1 unspecified atom stereocenters. The van der Waals surface area contributed by atoms with Gasteiger partial charge in [-0.2, -0.15) is 0 Å². The highest BCUT2D eigenvalue weighted by Gasteiger charge is 2.32. The van der Waals surface area contributed by atoms with Crippen LogP contribution in [0.2, 0.25) is 0 Å². The van der Waals surface area contributed by atoms with Crippen LogP contribution < -0.4 is 20.7 Å². The number of anilines is 2. The molecule has 1 aromatic heterocycles. The second-order valence-corrected chi connectivity index (χ2v) is 10.4. The minimum atomic E-state index is -0.129. The fraction of sp³-hybridized carbons (Fsp3) is 0.448. The van der Waals surface area contributed by atoms with Crippen molar-refractivity contribution in [2.45, 2.75) is 63.1 Å². The number of likely N-dealkylation sites (tertiary alicyclic amines) is 1. The zero-order chi connectivity index (χ0) is 24.5. The van der Waals surface area contributed by atoms with Gasteiger partial charge in [-0.25, -0.2) is 9.78 Å². The Morgan fingerprint density at radius 3 is 2.69 bits per heavy atom. The average molecular weight is 486 g/mol. The first kappa shape index (κ1) is 23.1. The van der Waals surface area contributed by atoms with Crippen molar-refractivity contribution in [3.8, 4) is 5.75 Å². The summed E-state index contributed by atoms with van der Waals surface area (Å²) in [5, 5.41) is 10.8. The van der Waals surface area contributed by atoms with E-state index in [1.54, 1.807) is 7.11 Å². The van der Waals surface area contributed by atoms with Crippen LogP contribution in [0.5, 0.6) is 5.75 Å². The van der Waals surface area contributed by atoms with E-state index in [9.17, 15) is 4.79 Å². The summed E-state index contributed by atoms with van der Waals surface area (Å²) in [6.45, 7) is 2.18. The van der Waals surface area contributed by atoms with E-state index >= 15 is 0 Å². The fourth-order valence-corrected chi connectivity index (χ4v) is 5.83. The quantitative estimate of drug-likeness (QED) is 0.431. The summed E-state index contributed by atoms with van der Waals surface area (Å²) < 4.78 is 5.66. The highest BCUT2D eigenvalue weighted by Crippen LogP contribution is 2.38. The Morgan fingerprint density at radius 2 is 1.89 bits per heavy atom. The van der Waals surface area contributed by atoms with Crippen molar-refractivity contribution in [1.29, 1.82) is 0 Å². The molecule has 3 aliphatic rings. The van der Waals surface area contributed by atoms with E-state index in [-0.39, 0.29) is 18.1 Å². The second kappa shape index (κ2) is 9.97. The lowest BCUT2D eigenvalue weighted by Crippen LogP contribution is -2.46. The Balaban J connectivity index is 1.09. The number of carbonyl (C=O) groups excluding carboxylic acids is 1.